The lowest BCUT2D eigenvalue weighted by molar-refractivity contribution is 0.339. The molecular formula is C16H22ClIN2. The van der Waals surface area contributed by atoms with Gasteiger partial charge in [0, 0.05) is 11.8 Å². The summed E-state index contributed by atoms with van der Waals surface area (Å²) in [6, 6.07) is 0. The zero-order valence-electron chi connectivity index (χ0n) is 12.0. The highest BCUT2D eigenvalue weighted by Crippen LogP contribution is 2.39. The van der Waals surface area contributed by atoms with Gasteiger partial charge in [-0.2, -0.15) is 0 Å². The first kappa shape index (κ1) is 15.0. The molecule has 0 N–H and O–H groups in total. The van der Waals surface area contributed by atoms with Gasteiger partial charge in [-0.3, -0.25) is 0 Å². The predicted molar refractivity (Wildman–Crippen MR) is 91.3 cm³/mol. The maximum atomic E-state index is 6.39. The molecule has 0 amide bonds. The quantitative estimate of drug-likeness (QED) is 0.468. The second-order valence-electron chi connectivity index (χ2n) is 6.51. The Hall–Kier alpha value is 0.1000. The van der Waals surface area contributed by atoms with Crippen molar-refractivity contribution in [2.45, 2.75) is 70.1 Å². The molecule has 0 aromatic carbocycles. The van der Waals surface area contributed by atoms with Gasteiger partial charge < -0.3 is 0 Å². The molecule has 2 aliphatic rings. The molecule has 3 rings (SSSR count). The van der Waals surface area contributed by atoms with E-state index in [9.17, 15) is 0 Å². The monoisotopic (exact) mass is 404 g/mol. The summed E-state index contributed by atoms with van der Waals surface area (Å²) >= 11 is 8.72. The van der Waals surface area contributed by atoms with Gasteiger partial charge in [0.1, 0.15) is 11.0 Å². The van der Waals surface area contributed by atoms with Gasteiger partial charge >= 0.3 is 0 Å². The van der Waals surface area contributed by atoms with E-state index in [2.05, 4.69) is 34.5 Å². The number of aromatic nitrogens is 2. The molecule has 1 aromatic rings. The van der Waals surface area contributed by atoms with E-state index in [1.165, 1.54) is 57.1 Å². The minimum atomic E-state index is 0.529. The van der Waals surface area contributed by atoms with Gasteiger partial charge in [-0.1, -0.05) is 44.2 Å². The van der Waals surface area contributed by atoms with Crippen molar-refractivity contribution in [3.05, 3.63) is 20.2 Å². The summed E-state index contributed by atoms with van der Waals surface area (Å²) in [6.45, 7) is 2.35. The van der Waals surface area contributed by atoms with E-state index in [-0.39, 0.29) is 0 Å². The summed E-state index contributed by atoms with van der Waals surface area (Å²) in [5.41, 5.74) is 1.23. The fourth-order valence-corrected chi connectivity index (χ4v) is 4.49. The molecule has 0 unspecified atom stereocenters. The van der Waals surface area contributed by atoms with Crippen LogP contribution in [-0.2, 0) is 0 Å². The second kappa shape index (κ2) is 6.47. The molecular weight excluding hydrogens is 383 g/mol. The Morgan fingerprint density at radius 3 is 2.25 bits per heavy atom. The van der Waals surface area contributed by atoms with Crippen LogP contribution in [0.25, 0.3) is 0 Å². The average molecular weight is 405 g/mol. The maximum Gasteiger partial charge on any atom is 0.146 e. The Morgan fingerprint density at radius 2 is 1.60 bits per heavy atom. The summed E-state index contributed by atoms with van der Waals surface area (Å²) in [5, 5.41) is 0.677. The van der Waals surface area contributed by atoms with Crippen molar-refractivity contribution >= 4 is 34.2 Å². The summed E-state index contributed by atoms with van der Waals surface area (Å²) < 4.78 is 1.09. The minimum absolute atomic E-state index is 0.529. The number of hydrogen-bond acceptors (Lipinski definition) is 2. The molecule has 0 spiro atoms. The number of rotatable bonds is 2. The first-order valence-electron chi connectivity index (χ1n) is 7.88. The lowest BCUT2D eigenvalue weighted by Gasteiger charge is -2.26. The Kier molecular flexibility index (Phi) is 4.86. The van der Waals surface area contributed by atoms with Crippen molar-refractivity contribution in [2.75, 3.05) is 0 Å². The molecule has 4 heteroatoms. The maximum absolute atomic E-state index is 6.39. The molecule has 0 saturated heterocycles. The first-order valence-corrected chi connectivity index (χ1v) is 9.33. The molecule has 0 aliphatic heterocycles. The second-order valence-corrected chi connectivity index (χ2v) is 7.95. The van der Waals surface area contributed by atoms with Gasteiger partial charge in [0.15, 0.2) is 0 Å². The molecule has 0 atom stereocenters. The van der Waals surface area contributed by atoms with Crippen LogP contribution in [0.4, 0.5) is 0 Å². The molecule has 0 radical (unpaired) electrons. The first-order chi connectivity index (χ1) is 9.65. The summed E-state index contributed by atoms with van der Waals surface area (Å²) in [4.78, 5) is 9.56. The van der Waals surface area contributed by atoms with Crippen LogP contribution in [0.1, 0.15) is 81.6 Å². The minimum Gasteiger partial charge on any atom is -0.236 e. The Morgan fingerprint density at radius 1 is 0.950 bits per heavy atom. The third kappa shape index (κ3) is 3.13. The Labute approximate surface area is 140 Å². The summed E-state index contributed by atoms with van der Waals surface area (Å²) in [7, 11) is 0. The van der Waals surface area contributed by atoms with Crippen LogP contribution in [0.2, 0.25) is 5.15 Å². The van der Waals surface area contributed by atoms with Crippen molar-refractivity contribution in [1.82, 2.24) is 9.97 Å². The van der Waals surface area contributed by atoms with Crippen molar-refractivity contribution in [2.24, 2.45) is 5.92 Å². The Bertz CT molecular complexity index is 478. The standard InChI is InChI=1S/C16H22ClIN2/c1-10-6-8-12(9-7-10)16-19-14(11-4-2-3-5-11)13(18)15(17)20-16/h10-12H,2-9H2,1H3. The lowest BCUT2D eigenvalue weighted by atomic mass is 9.82. The Balaban J connectivity index is 1.87. The van der Waals surface area contributed by atoms with E-state index in [1.54, 1.807) is 0 Å². The predicted octanol–water partition coefficient (Wildman–Crippen LogP) is 5.69. The van der Waals surface area contributed by atoms with Crippen molar-refractivity contribution in [1.29, 1.82) is 0 Å². The van der Waals surface area contributed by atoms with Crippen molar-refractivity contribution < 1.29 is 0 Å². The molecule has 1 aromatic heterocycles. The van der Waals surface area contributed by atoms with E-state index < -0.39 is 0 Å². The highest BCUT2D eigenvalue weighted by Gasteiger charge is 2.27. The fourth-order valence-electron chi connectivity index (χ4n) is 3.62. The highest BCUT2D eigenvalue weighted by atomic mass is 127. The molecule has 1 heterocycles. The molecule has 20 heavy (non-hydrogen) atoms. The van der Waals surface area contributed by atoms with E-state index in [1.807, 2.05) is 0 Å². The average Bonchev–Trinajstić information content (AvgIpc) is 2.96. The molecule has 110 valence electrons. The number of halogens is 2. The normalized spacial score (nSPS) is 27.9. The van der Waals surface area contributed by atoms with Gasteiger partial charge in [0.25, 0.3) is 0 Å². The van der Waals surface area contributed by atoms with Crippen LogP contribution in [0.15, 0.2) is 0 Å². The summed E-state index contributed by atoms with van der Waals surface area (Å²) in [6.07, 6.45) is 10.3. The van der Waals surface area contributed by atoms with Gasteiger partial charge in [-0.25, -0.2) is 9.97 Å². The van der Waals surface area contributed by atoms with Crippen LogP contribution in [0.3, 0.4) is 0 Å². The molecule has 2 nitrogen and oxygen atoms in total. The zero-order valence-corrected chi connectivity index (χ0v) is 15.0. The molecule has 2 fully saturated rings. The van der Waals surface area contributed by atoms with Gasteiger partial charge in [0.05, 0.1) is 9.26 Å². The van der Waals surface area contributed by atoms with Gasteiger partial charge in [-0.05, 0) is 54.2 Å². The van der Waals surface area contributed by atoms with Crippen LogP contribution >= 0.6 is 34.2 Å². The third-order valence-corrected chi connectivity index (χ3v) is 6.63. The van der Waals surface area contributed by atoms with E-state index >= 15 is 0 Å². The highest BCUT2D eigenvalue weighted by molar-refractivity contribution is 14.1. The molecule has 2 saturated carbocycles. The third-order valence-electron chi connectivity index (χ3n) is 4.98. The smallest absolute Gasteiger partial charge is 0.146 e. The number of hydrogen-bond donors (Lipinski definition) is 0. The van der Waals surface area contributed by atoms with Gasteiger partial charge in [0.2, 0.25) is 0 Å². The number of nitrogens with zero attached hydrogens (tertiary/aromatic N) is 2. The van der Waals surface area contributed by atoms with Crippen molar-refractivity contribution in [3.8, 4) is 0 Å². The largest absolute Gasteiger partial charge is 0.236 e. The fraction of sp³-hybridized carbons (Fsp3) is 0.750. The van der Waals surface area contributed by atoms with Crippen LogP contribution in [0, 0.1) is 9.49 Å². The van der Waals surface area contributed by atoms with Gasteiger partial charge in [-0.15, -0.1) is 0 Å². The van der Waals surface area contributed by atoms with Crippen molar-refractivity contribution in [3.63, 3.8) is 0 Å². The summed E-state index contributed by atoms with van der Waals surface area (Å²) in [5.74, 6) is 3.02. The van der Waals surface area contributed by atoms with Crippen LogP contribution < -0.4 is 0 Å². The molecule has 2 aliphatic carbocycles. The van der Waals surface area contributed by atoms with E-state index in [0.29, 0.717) is 17.0 Å². The lowest BCUT2D eigenvalue weighted by Crippen LogP contribution is -2.16. The van der Waals surface area contributed by atoms with Crippen LogP contribution in [0.5, 0.6) is 0 Å². The SMILES string of the molecule is CC1CCC(c2nc(Cl)c(I)c(C3CCCC3)n2)CC1. The van der Waals surface area contributed by atoms with E-state index in [0.717, 1.165) is 15.3 Å². The molecule has 0 bridgehead atoms. The zero-order chi connectivity index (χ0) is 14.1. The topological polar surface area (TPSA) is 25.8 Å². The van der Waals surface area contributed by atoms with Crippen LogP contribution in [-0.4, -0.2) is 9.97 Å². The van der Waals surface area contributed by atoms with E-state index in [4.69, 9.17) is 16.6 Å².